The fourth-order valence-corrected chi connectivity index (χ4v) is 1.22. The van der Waals surface area contributed by atoms with E-state index in [2.05, 4.69) is 9.97 Å². The Kier molecular flexibility index (Phi) is 2.47. The van der Waals surface area contributed by atoms with Gasteiger partial charge in [0.15, 0.2) is 5.82 Å². The van der Waals surface area contributed by atoms with Gasteiger partial charge in [0.2, 0.25) is 0 Å². The first-order chi connectivity index (χ1) is 7.66. The van der Waals surface area contributed by atoms with E-state index in [1.165, 1.54) is 24.5 Å². The number of hydrogen-bond acceptors (Lipinski definition) is 5. The lowest BCUT2D eigenvalue weighted by atomic mass is 10.2. The summed E-state index contributed by atoms with van der Waals surface area (Å²) in [4.78, 5) is 18.0. The smallest absolute Gasteiger partial charge is 0.269 e. The first kappa shape index (κ1) is 10.0. The number of nitrogen functional groups attached to an aromatic ring is 1. The molecule has 6 nitrogen and oxygen atoms in total. The van der Waals surface area contributed by atoms with Gasteiger partial charge in [-0.3, -0.25) is 10.1 Å². The van der Waals surface area contributed by atoms with Crippen molar-refractivity contribution in [3.05, 3.63) is 46.8 Å². The molecule has 0 amide bonds. The molecule has 0 spiro atoms. The molecule has 1 aromatic carbocycles. The van der Waals surface area contributed by atoms with Gasteiger partial charge in [-0.05, 0) is 12.1 Å². The Balaban J connectivity index is 2.34. The van der Waals surface area contributed by atoms with Crippen molar-refractivity contribution >= 4 is 11.4 Å². The summed E-state index contributed by atoms with van der Waals surface area (Å²) in [6.07, 6.45) is 2.98. The van der Waals surface area contributed by atoms with E-state index in [4.69, 9.17) is 5.73 Å². The molecule has 1 aromatic heterocycles. The summed E-state index contributed by atoms with van der Waals surface area (Å²) in [6, 6.07) is 6.03. The summed E-state index contributed by atoms with van der Waals surface area (Å²) in [5, 5.41) is 10.5. The number of nitrogens with two attached hydrogens (primary N) is 1. The predicted octanol–water partition coefficient (Wildman–Crippen LogP) is 1.63. The molecule has 2 aromatic rings. The number of nitrogens with zero attached hydrogens (tertiary/aromatic N) is 3. The molecule has 16 heavy (non-hydrogen) atoms. The lowest BCUT2D eigenvalue weighted by molar-refractivity contribution is -0.384. The Labute approximate surface area is 90.9 Å². The van der Waals surface area contributed by atoms with Crippen molar-refractivity contribution in [2.75, 3.05) is 5.73 Å². The molecule has 0 aliphatic carbocycles. The third-order valence-corrected chi connectivity index (χ3v) is 2.01. The second-order valence-corrected chi connectivity index (χ2v) is 3.14. The summed E-state index contributed by atoms with van der Waals surface area (Å²) in [6.45, 7) is 0. The zero-order valence-corrected chi connectivity index (χ0v) is 8.20. The molecule has 2 rings (SSSR count). The van der Waals surface area contributed by atoms with Gasteiger partial charge in [-0.2, -0.15) is 0 Å². The normalized spacial score (nSPS) is 10.0. The average molecular weight is 216 g/mol. The zero-order chi connectivity index (χ0) is 11.5. The van der Waals surface area contributed by atoms with Crippen LogP contribution in [0.5, 0.6) is 0 Å². The first-order valence-electron chi connectivity index (χ1n) is 4.49. The highest BCUT2D eigenvalue weighted by molar-refractivity contribution is 5.57. The Bertz CT molecular complexity index is 507. The third-order valence-electron chi connectivity index (χ3n) is 2.01. The Morgan fingerprint density at radius 2 is 1.69 bits per heavy atom. The summed E-state index contributed by atoms with van der Waals surface area (Å²) in [5.74, 6) is 0.490. The molecule has 0 radical (unpaired) electrons. The number of rotatable bonds is 2. The van der Waals surface area contributed by atoms with Crippen LogP contribution in [0.2, 0.25) is 0 Å². The molecular weight excluding hydrogens is 208 g/mol. The number of aromatic nitrogens is 2. The van der Waals surface area contributed by atoms with E-state index < -0.39 is 4.92 Å². The van der Waals surface area contributed by atoms with Gasteiger partial charge in [0.05, 0.1) is 23.0 Å². The van der Waals surface area contributed by atoms with E-state index in [9.17, 15) is 10.1 Å². The number of benzene rings is 1. The molecule has 0 saturated carbocycles. The van der Waals surface area contributed by atoms with E-state index in [1.54, 1.807) is 12.1 Å². The topological polar surface area (TPSA) is 94.9 Å². The van der Waals surface area contributed by atoms with Crippen LogP contribution in [-0.2, 0) is 0 Å². The zero-order valence-electron chi connectivity index (χ0n) is 8.20. The number of nitro benzene ring substituents is 1. The Morgan fingerprint density at radius 3 is 2.19 bits per heavy atom. The Morgan fingerprint density at radius 1 is 1.12 bits per heavy atom. The van der Waals surface area contributed by atoms with Gasteiger partial charge in [0, 0.05) is 17.7 Å². The lowest BCUT2D eigenvalue weighted by Gasteiger charge is -1.99. The van der Waals surface area contributed by atoms with Gasteiger partial charge >= 0.3 is 0 Å². The molecular formula is C10H8N4O2. The maximum absolute atomic E-state index is 10.5. The van der Waals surface area contributed by atoms with Crippen molar-refractivity contribution in [1.82, 2.24) is 9.97 Å². The SMILES string of the molecule is Nc1cnc(-c2ccc([N+](=O)[O-])cc2)nc1. The van der Waals surface area contributed by atoms with E-state index in [0.29, 0.717) is 17.1 Å². The molecule has 6 heteroatoms. The fourth-order valence-electron chi connectivity index (χ4n) is 1.22. The molecule has 2 N–H and O–H groups in total. The van der Waals surface area contributed by atoms with Crippen LogP contribution in [0.3, 0.4) is 0 Å². The maximum Gasteiger partial charge on any atom is 0.269 e. The predicted molar refractivity (Wildman–Crippen MR) is 58.5 cm³/mol. The van der Waals surface area contributed by atoms with Gasteiger partial charge in [-0.1, -0.05) is 0 Å². The van der Waals surface area contributed by atoms with Crippen LogP contribution >= 0.6 is 0 Å². The lowest BCUT2D eigenvalue weighted by Crippen LogP contribution is -1.93. The second-order valence-electron chi connectivity index (χ2n) is 3.14. The Hall–Kier alpha value is -2.50. The largest absolute Gasteiger partial charge is 0.396 e. The summed E-state index contributed by atoms with van der Waals surface area (Å²) in [7, 11) is 0. The van der Waals surface area contributed by atoms with E-state index in [-0.39, 0.29) is 5.69 Å². The monoisotopic (exact) mass is 216 g/mol. The second kappa shape index (κ2) is 3.93. The molecule has 0 unspecified atom stereocenters. The van der Waals surface area contributed by atoms with Gasteiger partial charge in [0.25, 0.3) is 5.69 Å². The molecule has 0 saturated heterocycles. The van der Waals surface area contributed by atoms with Crippen molar-refractivity contribution in [2.24, 2.45) is 0 Å². The van der Waals surface area contributed by atoms with Crippen LogP contribution in [-0.4, -0.2) is 14.9 Å². The van der Waals surface area contributed by atoms with Crippen LogP contribution in [0, 0.1) is 10.1 Å². The molecule has 80 valence electrons. The van der Waals surface area contributed by atoms with Gasteiger partial charge < -0.3 is 5.73 Å². The highest BCUT2D eigenvalue weighted by Crippen LogP contribution is 2.18. The van der Waals surface area contributed by atoms with Crippen molar-refractivity contribution in [3.63, 3.8) is 0 Å². The van der Waals surface area contributed by atoms with Crippen LogP contribution in [0.15, 0.2) is 36.7 Å². The number of nitro groups is 1. The summed E-state index contributed by atoms with van der Waals surface area (Å²) < 4.78 is 0. The van der Waals surface area contributed by atoms with E-state index in [0.717, 1.165) is 0 Å². The minimum Gasteiger partial charge on any atom is -0.396 e. The van der Waals surface area contributed by atoms with E-state index >= 15 is 0 Å². The molecule has 0 atom stereocenters. The number of anilines is 1. The summed E-state index contributed by atoms with van der Waals surface area (Å²) >= 11 is 0. The standard InChI is InChI=1S/C10H8N4O2/c11-8-5-12-10(13-6-8)7-1-3-9(4-2-7)14(15)16/h1-6H,11H2. The third kappa shape index (κ3) is 1.95. The van der Waals surface area contributed by atoms with Crippen LogP contribution in [0.4, 0.5) is 11.4 Å². The summed E-state index contributed by atoms with van der Waals surface area (Å²) in [5.41, 5.74) is 6.69. The fraction of sp³-hybridized carbons (Fsp3) is 0. The quantitative estimate of drug-likeness (QED) is 0.608. The maximum atomic E-state index is 10.5. The van der Waals surface area contributed by atoms with Crippen LogP contribution in [0.1, 0.15) is 0 Å². The van der Waals surface area contributed by atoms with Gasteiger partial charge in [-0.15, -0.1) is 0 Å². The molecule has 1 heterocycles. The average Bonchev–Trinajstić information content (AvgIpc) is 2.30. The van der Waals surface area contributed by atoms with Crippen molar-refractivity contribution < 1.29 is 4.92 Å². The highest BCUT2D eigenvalue weighted by Gasteiger charge is 2.06. The first-order valence-corrected chi connectivity index (χ1v) is 4.49. The van der Waals surface area contributed by atoms with Crippen LogP contribution in [0.25, 0.3) is 11.4 Å². The van der Waals surface area contributed by atoms with Crippen molar-refractivity contribution in [1.29, 1.82) is 0 Å². The minimum atomic E-state index is -0.451. The van der Waals surface area contributed by atoms with Crippen molar-refractivity contribution in [2.45, 2.75) is 0 Å². The molecule has 0 aliphatic rings. The molecule has 0 fully saturated rings. The number of non-ortho nitro benzene ring substituents is 1. The van der Waals surface area contributed by atoms with E-state index in [1.807, 2.05) is 0 Å². The number of hydrogen-bond donors (Lipinski definition) is 1. The van der Waals surface area contributed by atoms with Gasteiger partial charge in [-0.25, -0.2) is 9.97 Å². The molecule has 0 bridgehead atoms. The van der Waals surface area contributed by atoms with Crippen molar-refractivity contribution in [3.8, 4) is 11.4 Å². The van der Waals surface area contributed by atoms with Crippen LogP contribution < -0.4 is 5.73 Å². The van der Waals surface area contributed by atoms with Gasteiger partial charge in [0.1, 0.15) is 0 Å². The highest BCUT2D eigenvalue weighted by atomic mass is 16.6. The minimum absolute atomic E-state index is 0.0409. The molecule has 0 aliphatic heterocycles.